The lowest BCUT2D eigenvalue weighted by molar-refractivity contribution is 0.101. The van der Waals surface area contributed by atoms with Crippen LogP contribution in [0, 0.1) is 11.6 Å². The normalized spacial score (nSPS) is 14.1. The molecule has 0 radical (unpaired) electrons. The third kappa shape index (κ3) is 6.18. The zero-order valence-corrected chi connectivity index (χ0v) is 22.1. The molecule has 0 unspecified atom stereocenters. The molecule has 1 amide bonds. The van der Waals surface area contributed by atoms with Crippen LogP contribution >= 0.6 is 0 Å². The minimum atomic E-state index is -0.601. The summed E-state index contributed by atoms with van der Waals surface area (Å²) >= 11 is 0. The van der Waals surface area contributed by atoms with Gasteiger partial charge in [0.15, 0.2) is 0 Å². The van der Waals surface area contributed by atoms with Gasteiger partial charge >= 0.3 is 0 Å². The van der Waals surface area contributed by atoms with Gasteiger partial charge in [0.05, 0.1) is 35.3 Å². The first-order chi connectivity index (χ1) is 18.9. The molecule has 4 aromatic rings. The monoisotopic (exact) mass is 534 g/mol. The van der Waals surface area contributed by atoms with Gasteiger partial charge in [0.2, 0.25) is 0 Å². The number of benzene rings is 3. The first-order valence-corrected chi connectivity index (χ1v) is 12.9. The predicted octanol–water partition coefficient (Wildman–Crippen LogP) is 4.10. The molecule has 0 bridgehead atoms. The number of piperazine rings is 1. The second-order valence-electron chi connectivity index (χ2n) is 9.76. The Balaban J connectivity index is 1.39. The van der Waals surface area contributed by atoms with Gasteiger partial charge in [-0.2, -0.15) is 9.89 Å². The van der Waals surface area contributed by atoms with Crippen LogP contribution in [0.1, 0.15) is 21.5 Å². The third-order valence-corrected chi connectivity index (χ3v) is 6.89. The number of carbonyl (C=O) groups excluding carboxylic acids is 1. The summed E-state index contributed by atoms with van der Waals surface area (Å²) in [6.45, 7) is 4.60. The highest BCUT2D eigenvalue weighted by atomic mass is 19.1. The van der Waals surface area contributed by atoms with E-state index in [4.69, 9.17) is 4.74 Å². The first kappa shape index (κ1) is 26.6. The van der Waals surface area contributed by atoms with Crippen molar-refractivity contribution >= 4 is 28.2 Å². The highest BCUT2D eigenvalue weighted by molar-refractivity contribution is 6.07. The zero-order chi connectivity index (χ0) is 27.4. The lowest BCUT2D eigenvalue weighted by Gasteiger charge is -2.36. The largest absolute Gasteiger partial charge is 0.383 e. The topological polar surface area (TPSA) is 74.7 Å². The van der Waals surface area contributed by atoms with E-state index in [1.54, 1.807) is 13.3 Å². The van der Waals surface area contributed by atoms with Crippen molar-refractivity contribution in [1.29, 1.82) is 0 Å². The lowest BCUT2D eigenvalue weighted by Crippen LogP contribution is -2.45. The van der Waals surface area contributed by atoms with E-state index >= 15 is 0 Å². The Bertz CT molecular complexity index is 1450. The number of hydrogen-bond donors (Lipinski definition) is 2. The summed E-state index contributed by atoms with van der Waals surface area (Å²) in [5.74, 6) is -1.48. The summed E-state index contributed by atoms with van der Waals surface area (Å²) in [6, 6.07) is 14.8. The van der Waals surface area contributed by atoms with Crippen molar-refractivity contribution in [2.75, 3.05) is 69.1 Å². The van der Waals surface area contributed by atoms with Crippen molar-refractivity contribution in [3.63, 3.8) is 0 Å². The van der Waals surface area contributed by atoms with Crippen molar-refractivity contribution in [2.24, 2.45) is 0 Å². The van der Waals surface area contributed by atoms with Gasteiger partial charge in [-0.05, 0) is 61.0 Å². The quantitative estimate of drug-likeness (QED) is 0.315. The number of nitrogens with one attached hydrogen (secondary N) is 2. The number of rotatable bonds is 9. The fourth-order valence-electron chi connectivity index (χ4n) is 4.91. The molecule has 1 aromatic heterocycles. The molecule has 2 heterocycles. The summed E-state index contributed by atoms with van der Waals surface area (Å²) in [4.78, 5) is 19.6. The molecule has 2 N–H and O–H groups in total. The number of halogens is 2. The molecule has 1 fully saturated rings. The standard InChI is InChI=1S/C29H32F2N6O2/c1-35-9-11-36(12-10-35)28-25(4-3-5-26(28)32-8-13-39-2)29(38)34-37-27-7-6-20(15-22(27)19-33-37)14-21-16-23(30)18-24(31)17-21/h3-7,15-19,32H,8-14H2,1-2H3,(H,34,38). The van der Waals surface area contributed by atoms with Crippen LogP contribution in [0.4, 0.5) is 20.2 Å². The summed E-state index contributed by atoms with van der Waals surface area (Å²) < 4.78 is 32.4. The van der Waals surface area contributed by atoms with Crippen LogP contribution in [0.2, 0.25) is 0 Å². The van der Waals surface area contributed by atoms with Crippen LogP contribution in [-0.4, -0.2) is 74.2 Å². The number of carbonyl (C=O) groups is 1. The lowest BCUT2D eigenvalue weighted by atomic mass is 10.0. The van der Waals surface area contributed by atoms with Gasteiger partial charge in [0.25, 0.3) is 5.91 Å². The fourth-order valence-corrected chi connectivity index (χ4v) is 4.91. The molecule has 204 valence electrons. The van der Waals surface area contributed by atoms with Crippen molar-refractivity contribution in [3.05, 3.63) is 89.1 Å². The van der Waals surface area contributed by atoms with Gasteiger partial charge in [-0.1, -0.05) is 12.1 Å². The Morgan fingerprint density at radius 3 is 2.51 bits per heavy atom. The molecule has 10 heteroatoms. The van der Waals surface area contributed by atoms with Crippen LogP contribution in [0.15, 0.2) is 60.8 Å². The number of methoxy groups -OCH3 is 1. The molecule has 1 saturated heterocycles. The molecule has 8 nitrogen and oxygen atoms in total. The van der Waals surface area contributed by atoms with Crippen LogP contribution in [-0.2, 0) is 11.2 Å². The minimum Gasteiger partial charge on any atom is -0.383 e. The number of fused-ring (bicyclic) bond motifs is 1. The molecule has 5 rings (SSSR count). The van der Waals surface area contributed by atoms with E-state index in [1.165, 1.54) is 16.9 Å². The minimum absolute atomic E-state index is 0.274. The Kier molecular flexibility index (Phi) is 8.04. The Morgan fingerprint density at radius 2 is 1.77 bits per heavy atom. The number of anilines is 2. The van der Waals surface area contributed by atoms with E-state index < -0.39 is 11.6 Å². The summed E-state index contributed by atoms with van der Waals surface area (Å²) in [5, 5.41) is 8.60. The molecule has 0 atom stereocenters. The highest BCUT2D eigenvalue weighted by Gasteiger charge is 2.24. The fraction of sp³-hybridized carbons (Fsp3) is 0.310. The van der Waals surface area contributed by atoms with E-state index in [-0.39, 0.29) is 5.91 Å². The van der Waals surface area contributed by atoms with Crippen molar-refractivity contribution in [2.45, 2.75) is 6.42 Å². The maximum Gasteiger partial charge on any atom is 0.273 e. The summed E-state index contributed by atoms with van der Waals surface area (Å²) in [5.41, 5.74) is 7.36. The Labute approximate surface area is 226 Å². The number of aromatic nitrogens is 2. The average molecular weight is 535 g/mol. The van der Waals surface area contributed by atoms with E-state index in [0.717, 1.165) is 54.6 Å². The molecule has 0 spiro atoms. The highest BCUT2D eigenvalue weighted by Crippen LogP contribution is 2.31. The molecule has 39 heavy (non-hydrogen) atoms. The molecular formula is C29H32F2N6O2. The van der Waals surface area contributed by atoms with Gasteiger partial charge in [-0.15, -0.1) is 0 Å². The average Bonchev–Trinajstić information content (AvgIpc) is 3.30. The first-order valence-electron chi connectivity index (χ1n) is 12.9. The van der Waals surface area contributed by atoms with Gasteiger partial charge in [0, 0.05) is 51.3 Å². The van der Waals surface area contributed by atoms with Gasteiger partial charge < -0.3 is 19.9 Å². The Hall–Kier alpha value is -4.02. The maximum atomic E-state index is 13.6. The Morgan fingerprint density at radius 1 is 1.00 bits per heavy atom. The zero-order valence-electron chi connectivity index (χ0n) is 22.1. The van der Waals surface area contributed by atoms with E-state index in [9.17, 15) is 13.6 Å². The van der Waals surface area contributed by atoms with E-state index in [0.29, 0.717) is 36.2 Å². The van der Waals surface area contributed by atoms with Gasteiger partial charge in [-0.3, -0.25) is 4.79 Å². The predicted molar refractivity (Wildman–Crippen MR) is 149 cm³/mol. The molecular weight excluding hydrogens is 502 g/mol. The number of likely N-dealkylation sites (N-methyl/N-ethyl adjacent to an activating group) is 1. The number of para-hydroxylation sites is 1. The van der Waals surface area contributed by atoms with Crippen LogP contribution < -0.4 is 15.6 Å². The summed E-state index contributed by atoms with van der Waals surface area (Å²) in [6.07, 6.45) is 2.04. The SMILES string of the molecule is COCCNc1cccc(C(=O)Nn2ncc3cc(Cc4cc(F)cc(F)c4)ccc32)c1N1CCN(C)CC1. The number of amides is 1. The molecule has 3 aromatic carbocycles. The van der Waals surface area contributed by atoms with E-state index in [1.807, 2.05) is 36.4 Å². The van der Waals surface area contributed by atoms with Gasteiger partial charge in [-0.25, -0.2) is 14.2 Å². The second kappa shape index (κ2) is 11.8. The molecule has 1 aliphatic rings. The van der Waals surface area contributed by atoms with E-state index in [2.05, 4.69) is 32.7 Å². The van der Waals surface area contributed by atoms with Gasteiger partial charge in [0.1, 0.15) is 11.6 Å². The summed E-state index contributed by atoms with van der Waals surface area (Å²) in [7, 11) is 3.75. The number of hydrogen-bond acceptors (Lipinski definition) is 6. The third-order valence-electron chi connectivity index (χ3n) is 6.89. The molecule has 1 aliphatic heterocycles. The number of nitrogens with zero attached hydrogens (tertiary/aromatic N) is 4. The van der Waals surface area contributed by atoms with Crippen LogP contribution in [0.5, 0.6) is 0 Å². The second-order valence-corrected chi connectivity index (χ2v) is 9.76. The maximum absolute atomic E-state index is 13.6. The van der Waals surface area contributed by atoms with Crippen molar-refractivity contribution in [1.82, 2.24) is 14.8 Å². The number of ether oxygens (including phenoxy) is 1. The smallest absolute Gasteiger partial charge is 0.273 e. The molecule has 0 saturated carbocycles. The van der Waals surface area contributed by atoms with Crippen molar-refractivity contribution < 1.29 is 18.3 Å². The van der Waals surface area contributed by atoms with Crippen LogP contribution in [0.25, 0.3) is 10.9 Å². The van der Waals surface area contributed by atoms with Crippen molar-refractivity contribution in [3.8, 4) is 0 Å². The van der Waals surface area contributed by atoms with Crippen LogP contribution in [0.3, 0.4) is 0 Å². The molecule has 0 aliphatic carbocycles.